The van der Waals surface area contributed by atoms with Crippen molar-refractivity contribution in [2.45, 2.75) is 27.3 Å². The van der Waals surface area contributed by atoms with E-state index in [1.165, 1.54) is 4.90 Å². The monoisotopic (exact) mass is 566 g/mol. The third-order valence-electron chi connectivity index (χ3n) is 6.88. The average molecular weight is 567 g/mol. The molecule has 4 aromatic carbocycles. The minimum Gasteiger partial charge on any atom is -0.490 e. The minimum atomic E-state index is -0.339. The Hall–Kier alpha value is -4.56. The number of ether oxygens (including phenoxy) is 2. The fourth-order valence-electron chi connectivity index (χ4n) is 4.61. The van der Waals surface area contributed by atoms with Crippen molar-refractivity contribution in [1.82, 2.24) is 4.90 Å². The number of fused-ring (bicyclic) bond motifs is 1. The molecule has 3 amide bonds. The molecule has 0 bridgehead atoms. The van der Waals surface area contributed by atoms with Crippen LogP contribution in [0.5, 0.6) is 11.5 Å². The largest absolute Gasteiger partial charge is 0.490 e. The fourth-order valence-corrected chi connectivity index (χ4v) is 5.44. The molecular weight excluding hydrogens is 536 g/mol. The summed E-state index contributed by atoms with van der Waals surface area (Å²) in [4.78, 5) is 40.2. The summed E-state index contributed by atoms with van der Waals surface area (Å²) in [6.07, 6.45) is 1.67. The van der Waals surface area contributed by atoms with Crippen molar-refractivity contribution in [3.63, 3.8) is 0 Å². The van der Waals surface area contributed by atoms with Crippen molar-refractivity contribution >= 4 is 51.4 Å². The average Bonchev–Trinajstić information content (AvgIpc) is 3.22. The molecular formula is C33H30N2O5S. The van der Waals surface area contributed by atoms with E-state index in [1.54, 1.807) is 24.3 Å². The number of amides is 3. The molecule has 0 spiro atoms. The predicted octanol–water partition coefficient (Wildman–Crippen LogP) is 7.11. The van der Waals surface area contributed by atoms with Gasteiger partial charge in [-0.15, -0.1) is 0 Å². The Morgan fingerprint density at radius 2 is 1.71 bits per heavy atom. The van der Waals surface area contributed by atoms with Crippen molar-refractivity contribution in [2.75, 3.05) is 18.5 Å². The van der Waals surface area contributed by atoms with Crippen LogP contribution in [-0.2, 0) is 16.1 Å². The van der Waals surface area contributed by atoms with Crippen LogP contribution in [0.2, 0.25) is 0 Å². The van der Waals surface area contributed by atoms with Crippen LogP contribution in [0.4, 0.5) is 10.5 Å². The summed E-state index contributed by atoms with van der Waals surface area (Å²) in [7, 11) is 0. The normalized spacial score (nSPS) is 14.1. The van der Waals surface area contributed by atoms with Crippen LogP contribution in [-0.4, -0.2) is 35.2 Å². The van der Waals surface area contributed by atoms with Gasteiger partial charge in [-0.2, -0.15) is 0 Å². The SMILES string of the molecule is CCOc1cc(/C=C2\SC(=O)N(Cc3cccc4ccccc34)C2=O)ccc1OCC(=O)Nc1cccc(C)c1C. The van der Waals surface area contributed by atoms with E-state index in [9.17, 15) is 14.4 Å². The summed E-state index contributed by atoms with van der Waals surface area (Å²) < 4.78 is 11.5. The number of nitrogens with one attached hydrogen (secondary N) is 1. The number of imide groups is 1. The van der Waals surface area contributed by atoms with Gasteiger partial charge in [0.05, 0.1) is 18.1 Å². The van der Waals surface area contributed by atoms with Crippen molar-refractivity contribution in [2.24, 2.45) is 0 Å². The van der Waals surface area contributed by atoms with Gasteiger partial charge in [0, 0.05) is 5.69 Å². The van der Waals surface area contributed by atoms with Crippen LogP contribution >= 0.6 is 11.8 Å². The predicted molar refractivity (Wildman–Crippen MR) is 163 cm³/mol. The molecule has 1 N–H and O–H groups in total. The molecule has 0 atom stereocenters. The number of carbonyl (C=O) groups is 3. The molecule has 0 aliphatic carbocycles. The molecule has 5 rings (SSSR count). The van der Waals surface area contributed by atoms with Gasteiger partial charge < -0.3 is 14.8 Å². The van der Waals surface area contributed by atoms with Crippen molar-refractivity contribution < 1.29 is 23.9 Å². The maximum atomic E-state index is 13.2. The molecule has 8 heteroatoms. The molecule has 1 aliphatic rings. The lowest BCUT2D eigenvalue weighted by atomic mass is 10.0. The Kier molecular flexibility index (Phi) is 8.40. The number of hydrogen-bond acceptors (Lipinski definition) is 6. The van der Waals surface area contributed by atoms with Crippen molar-refractivity contribution in [3.05, 3.63) is 106 Å². The standard InChI is InChI=1S/C33H30N2O5S/c1-4-39-29-17-23(15-16-28(29)40-20-31(36)34-27-14-7-9-21(2)22(27)3)18-30-32(37)35(33(38)41-30)19-25-12-8-11-24-10-5-6-13-26(24)25/h5-18H,4,19-20H2,1-3H3,(H,34,36)/b30-18-. The van der Waals surface area contributed by atoms with Crippen LogP contribution in [0, 0.1) is 13.8 Å². The number of benzene rings is 4. The summed E-state index contributed by atoms with van der Waals surface area (Å²) in [6, 6.07) is 24.7. The van der Waals surface area contributed by atoms with Crippen LogP contribution in [0.15, 0.2) is 83.8 Å². The first-order valence-electron chi connectivity index (χ1n) is 13.3. The van der Waals surface area contributed by atoms with Crippen LogP contribution in [0.25, 0.3) is 16.8 Å². The Balaban J connectivity index is 1.29. The number of thioether (sulfide) groups is 1. The summed E-state index contributed by atoms with van der Waals surface area (Å²) in [6.45, 7) is 6.18. The van der Waals surface area contributed by atoms with E-state index in [1.807, 2.05) is 81.4 Å². The zero-order valence-corrected chi connectivity index (χ0v) is 23.9. The molecule has 1 aliphatic heterocycles. The van der Waals surface area contributed by atoms with Gasteiger partial charge in [0.2, 0.25) is 0 Å². The van der Waals surface area contributed by atoms with Crippen molar-refractivity contribution in [3.8, 4) is 11.5 Å². The Labute approximate surface area is 243 Å². The second kappa shape index (κ2) is 12.3. The molecule has 1 fully saturated rings. The quantitative estimate of drug-likeness (QED) is 0.217. The molecule has 7 nitrogen and oxygen atoms in total. The first-order chi connectivity index (χ1) is 19.8. The number of anilines is 1. The lowest BCUT2D eigenvalue weighted by molar-refractivity contribution is -0.123. The second-order valence-corrected chi connectivity index (χ2v) is 10.6. The first-order valence-corrected chi connectivity index (χ1v) is 14.1. The molecule has 1 saturated heterocycles. The zero-order chi connectivity index (χ0) is 28.9. The van der Waals surface area contributed by atoms with E-state index >= 15 is 0 Å². The molecule has 0 saturated carbocycles. The summed E-state index contributed by atoms with van der Waals surface area (Å²) in [5, 5.41) is 4.64. The number of rotatable bonds is 9. The lowest BCUT2D eigenvalue weighted by Gasteiger charge is -2.14. The minimum absolute atomic E-state index is 0.195. The van der Waals surface area contributed by atoms with Gasteiger partial charge in [-0.05, 0) is 89.8 Å². The van der Waals surface area contributed by atoms with E-state index in [0.29, 0.717) is 28.6 Å². The Bertz CT molecular complexity index is 1670. The van der Waals surface area contributed by atoms with Crippen LogP contribution in [0.3, 0.4) is 0 Å². The molecule has 0 radical (unpaired) electrons. The number of carbonyl (C=O) groups excluding carboxylic acids is 3. The summed E-state index contributed by atoms with van der Waals surface area (Å²) in [5.41, 5.74) is 4.42. The highest BCUT2D eigenvalue weighted by Gasteiger charge is 2.35. The Morgan fingerprint density at radius 1 is 0.927 bits per heavy atom. The van der Waals surface area contributed by atoms with Gasteiger partial charge in [0.15, 0.2) is 18.1 Å². The zero-order valence-electron chi connectivity index (χ0n) is 23.1. The van der Waals surface area contributed by atoms with Gasteiger partial charge in [0.1, 0.15) is 0 Å². The van der Waals surface area contributed by atoms with Gasteiger partial charge in [0.25, 0.3) is 17.1 Å². The molecule has 41 heavy (non-hydrogen) atoms. The van der Waals surface area contributed by atoms with E-state index < -0.39 is 0 Å². The number of nitrogens with zero attached hydrogens (tertiary/aromatic N) is 1. The summed E-state index contributed by atoms with van der Waals surface area (Å²) in [5.74, 6) is 0.222. The van der Waals surface area contributed by atoms with Gasteiger partial charge in [-0.25, -0.2) is 0 Å². The number of aryl methyl sites for hydroxylation is 1. The lowest BCUT2D eigenvalue weighted by Crippen LogP contribution is -2.27. The van der Waals surface area contributed by atoms with E-state index in [-0.39, 0.29) is 30.2 Å². The molecule has 0 unspecified atom stereocenters. The van der Waals surface area contributed by atoms with Gasteiger partial charge >= 0.3 is 0 Å². The maximum Gasteiger partial charge on any atom is 0.293 e. The number of hydrogen-bond donors (Lipinski definition) is 1. The van der Waals surface area contributed by atoms with Crippen molar-refractivity contribution in [1.29, 1.82) is 0 Å². The van der Waals surface area contributed by atoms with Gasteiger partial charge in [-0.1, -0.05) is 60.7 Å². The second-order valence-electron chi connectivity index (χ2n) is 9.63. The summed E-state index contributed by atoms with van der Waals surface area (Å²) >= 11 is 0.915. The molecule has 208 valence electrons. The van der Waals surface area contributed by atoms with E-state index in [0.717, 1.165) is 44.9 Å². The molecule has 1 heterocycles. The fraction of sp³-hybridized carbons (Fsp3) is 0.182. The topological polar surface area (TPSA) is 84.9 Å². The highest BCUT2D eigenvalue weighted by Crippen LogP contribution is 2.36. The first kappa shape index (κ1) is 28.0. The Morgan fingerprint density at radius 3 is 2.54 bits per heavy atom. The van der Waals surface area contributed by atoms with Crippen LogP contribution in [0.1, 0.15) is 29.2 Å². The van der Waals surface area contributed by atoms with E-state index in [4.69, 9.17) is 9.47 Å². The smallest absolute Gasteiger partial charge is 0.293 e. The van der Waals surface area contributed by atoms with E-state index in [2.05, 4.69) is 5.32 Å². The highest BCUT2D eigenvalue weighted by molar-refractivity contribution is 8.18. The third-order valence-corrected chi connectivity index (χ3v) is 7.79. The molecule has 0 aromatic heterocycles. The van der Waals surface area contributed by atoms with Gasteiger partial charge in [-0.3, -0.25) is 19.3 Å². The maximum absolute atomic E-state index is 13.2. The highest BCUT2D eigenvalue weighted by atomic mass is 32.2. The van der Waals surface area contributed by atoms with Crippen LogP contribution < -0.4 is 14.8 Å². The molecule has 4 aromatic rings. The third kappa shape index (κ3) is 6.28.